The fraction of sp³-hybridized carbons (Fsp3) is 0.100. The zero-order valence-electron chi connectivity index (χ0n) is 15.3. The minimum atomic E-state index is 0.657. The van der Waals surface area contributed by atoms with E-state index in [0.717, 1.165) is 42.3 Å². The van der Waals surface area contributed by atoms with E-state index in [-0.39, 0.29) is 0 Å². The molecule has 5 aromatic rings. The molecule has 3 heterocycles. The number of nitrogens with zero attached hydrogens (tertiary/aromatic N) is 4. The van der Waals surface area contributed by atoms with Crippen LogP contribution >= 0.6 is 23.1 Å². The van der Waals surface area contributed by atoms with Crippen LogP contribution in [0.15, 0.2) is 68.6 Å². The van der Waals surface area contributed by atoms with E-state index in [9.17, 15) is 0 Å². The van der Waals surface area contributed by atoms with Crippen molar-refractivity contribution in [1.29, 1.82) is 0 Å². The molecule has 0 saturated heterocycles. The highest BCUT2D eigenvalue weighted by Gasteiger charge is 2.16. The number of rotatable bonds is 6. The summed E-state index contributed by atoms with van der Waals surface area (Å²) in [5.74, 6) is 0.838. The van der Waals surface area contributed by atoms with Gasteiger partial charge in [0.25, 0.3) is 0 Å². The maximum atomic E-state index is 5.97. The molecule has 0 spiro atoms. The summed E-state index contributed by atoms with van der Waals surface area (Å²) < 4.78 is 11.9. The van der Waals surface area contributed by atoms with E-state index < -0.39 is 0 Å². The van der Waals surface area contributed by atoms with Gasteiger partial charge in [0.05, 0.1) is 7.11 Å². The number of ether oxygens (including phenoxy) is 1. The van der Waals surface area contributed by atoms with Crippen LogP contribution in [0.5, 0.6) is 5.75 Å². The quantitative estimate of drug-likeness (QED) is 0.383. The summed E-state index contributed by atoms with van der Waals surface area (Å²) in [5, 5.41) is 14.2. The summed E-state index contributed by atoms with van der Waals surface area (Å²) >= 11 is 2.90. The molecule has 29 heavy (non-hydrogen) atoms. The van der Waals surface area contributed by atoms with Crippen LogP contribution in [-0.4, -0.2) is 27.3 Å². The van der Waals surface area contributed by atoms with Crippen LogP contribution in [0.3, 0.4) is 0 Å². The van der Waals surface area contributed by atoms with Gasteiger partial charge in [-0.3, -0.25) is 0 Å². The summed E-state index contributed by atoms with van der Waals surface area (Å²) in [6.07, 6.45) is 1.55. The number of aromatic nitrogens is 4. The molecule has 0 aliphatic heterocycles. The molecule has 0 amide bonds. The lowest BCUT2D eigenvalue weighted by Gasteiger charge is -2.03. The second-order valence-electron chi connectivity index (χ2n) is 6.13. The fourth-order valence-electron chi connectivity index (χ4n) is 2.90. The monoisotopic (exact) mass is 421 g/mol. The molecule has 3 aromatic heterocycles. The van der Waals surface area contributed by atoms with Crippen LogP contribution in [0.4, 0.5) is 5.13 Å². The summed E-state index contributed by atoms with van der Waals surface area (Å²) in [4.78, 5) is 8.76. The van der Waals surface area contributed by atoms with Crippen molar-refractivity contribution in [2.75, 3.05) is 12.4 Å². The lowest BCUT2D eigenvalue weighted by atomic mass is 10.2. The smallest absolute Gasteiger partial charge is 0.206 e. The lowest BCUT2D eigenvalue weighted by Crippen LogP contribution is -1.98. The van der Waals surface area contributed by atoms with Crippen LogP contribution < -0.4 is 10.1 Å². The van der Waals surface area contributed by atoms with Crippen molar-refractivity contribution in [3.05, 3.63) is 60.4 Å². The van der Waals surface area contributed by atoms with Crippen molar-refractivity contribution in [2.24, 2.45) is 0 Å². The summed E-state index contributed by atoms with van der Waals surface area (Å²) in [6, 6.07) is 15.7. The number of benzene rings is 2. The Kier molecular flexibility index (Phi) is 4.74. The normalized spacial score (nSPS) is 11.2. The van der Waals surface area contributed by atoms with Gasteiger partial charge in [0, 0.05) is 11.9 Å². The summed E-state index contributed by atoms with van der Waals surface area (Å²) in [6.45, 7) is 0.657. The van der Waals surface area contributed by atoms with E-state index in [1.165, 1.54) is 23.1 Å². The molecule has 0 radical (unpaired) electrons. The molecular formula is C20H15N5O2S2. The molecule has 0 unspecified atom stereocenters. The number of methoxy groups -OCH3 is 1. The Morgan fingerprint density at radius 1 is 1.07 bits per heavy atom. The predicted octanol–water partition coefficient (Wildman–Crippen LogP) is 5.00. The van der Waals surface area contributed by atoms with Gasteiger partial charge >= 0.3 is 0 Å². The highest BCUT2D eigenvalue weighted by Crippen LogP contribution is 2.37. The van der Waals surface area contributed by atoms with Crippen molar-refractivity contribution in [3.63, 3.8) is 0 Å². The molecule has 0 bridgehead atoms. The molecule has 0 fully saturated rings. The number of nitrogens with one attached hydrogen (secondary N) is 1. The highest BCUT2D eigenvalue weighted by molar-refractivity contribution is 8.01. The molecule has 0 atom stereocenters. The SMILES string of the molecule is COc1ccc(CNc2nnc(Sc3ncnc4c3oc3ccccc34)s2)cc1. The molecule has 2 aromatic carbocycles. The van der Waals surface area contributed by atoms with Gasteiger partial charge in [-0.1, -0.05) is 35.6 Å². The average Bonchev–Trinajstić information content (AvgIpc) is 3.37. The fourth-order valence-corrected chi connectivity index (χ4v) is 4.59. The van der Waals surface area contributed by atoms with Crippen LogP contribution in [-0.2, 0) is 6.54 Å². The number of hydrogen-bond acceptors (Lipinski definition) is 9. The topological polar surface area (TPSA) is 86.0 Å². The van der Waals surface area contributed by atoms with Crippen LogP contribution in [0.1, 0.15) is 5.56 Å². The molecule has 0 aliphatic carbocycles. The van der Waals surface area contributed by atoms with Gasteiger partial charge in [0.2, 0.25) is 5.13 Å². The van der Waals surface area contributed by atoms with Gasteiger partial charge in [0.15, 0.2) is 9.92 Å². The number of hydrogen-bond donors (Lipinski definition) is 1. The van der Waals surface area contributed by atoms with Crippen LogP contribution in [0.2, 0.25) is 0 Å². The number of fused-ring (bicyclic) bond motifs is 3. The second-order valence-corrected chi connectivity index (χ2v) is 8.35. The lowest BCUT2D eigenvalue weighted by molar-refractivity contribution is 0.414. The first kappa shape index (κ1) is 17.9. The molecule has 1 N–H and O–H groups in total. The zero-order chi connectivity index (χ0) is 19.6. The Hall–Kier alpha value is -3.17. The Balaban J connectivity index is 1.33. The Morgan fingerprint density at radius 2 is 1.93 bits per heavy atom. The van der Waals surface area contributed by atoms with E-state index in [1.807, 2.05) is 48.5 Å². The second kappa shape index (κ2) is 7.69. The number of para-hydroxylation sites is 1. The first-order chi connectivity index (χ1) is 14.3. The van der Waals surface area contributed by atoms with Crippen molar-refractivity contribution >= 4 is 50.3 Å². The Bertz CT molecular complexity index is 1280. The van der Waals surface area contributed by atoms with Crippen molar-refractivity contribution in [2.45, 2.75) is 15.9 Å². The Labute approximate surface area is 174 Å². The van der Waals surface area contributed by atoms with Gasteiger partial charge in [-0.15, -0.1) is 10.2 Å². The van der Waals surface area contributed by atoms with Crippen molar-refractivity contribution in [1.82, 2.24) is 20.2 Å². The van der Waals surface area contributed by atoms with Gasteiger partial charge in [-0.2, -0.15) is 0 Å². The molecule has 9 heteroatoms. The molecule has 5 rings (SSSR count). The average molecular weight is 422 g/mol. The Morgan fingerprint density at radius 3 is 2.79 bits per heavy atom. The third-order valence-corrected chi connectivity index (χ3v) is 6.23. The van der Waals surface area contributed by atoms with Crippen LogP contribution in [0, 0.1) is 0 Å². The summed E-state index contributed by atoms with van der Waals surface area (Å²) in [7, 11) is 1.66. The van der Waals surface area contributed by atoms with Crippen LogP contribution in [0.25, 0.3) is 22.1 Å². The molecule has 7 nitrogen and oxygen atoms in total. The highest BCUT2D eigenvalue weighted by atomic mass is 32.2. The van der Waals surface area contributed by atoms with E-state index in [1.54, 1.807) is 13.4 Å². The third kappa shape index (κ3) is 3.62. The van der Waals surface area contributed by atoms with E-state index >= 15 is 0 Å². The number of furan rings is 1. The third-order valence-electron chi connectivity index (χ3n) is 4.32. The predicted molar refractivity (Wildman–Crippen MR) is 114 cm³/mol. The standard InChI is InChI=1S/C20H15N5O2S2/c1-26-13-8-6-12(7-9-13)10-21-19-24-25-20(29-19)28-18-17-16(22-11-23-18)14-4-2-3-5-15(14)27-17/h2-9,11H,10H2,1H3,(H,21,24). The maximum absolute atomic E-state index is 5.97. The first-order valence-corrected chi connectivity index (χ1v) is 10.4. The van der Waals surface area contributed by atoms with Gasteiger partial charge in [0.1, 0.15) is 28.2 Å². The van der Waals surface area contributed by atoms with E-state index in [4.69, 9.17) is 9.15 Å². The van der Waals surface area contributed by atoms with Gasteiger partial charge < -0.3 is 14.5 Å². The molecular weight excluding hydrogens is 406 g/mol. The first-order valence-electron chi connectivity index (χ1n) is 8.80. The van der Waals surface area contributed by atoms with E-state index in [2.05, 4.69) is 25.5 Å². The van der Waals surface area contributed by atoms with Crippen molar-refractivity contribution < 1.29 is 9.15 Å². The summed E-state index contributed by atoms with van der Waals surface area (Å²) in [5.41, 5.74) is 3.40. The van der Waals surface area contributed by atoms with Gasteiger partial charge in [-0.05, 0) is 41.6 Å². The molecule has 0 saturated carbocycles. The van der Waals surface area contributed by atoms with Gasteiger partial charge in [-0.25, -0.2) is 9.97 Å². The van der Waals surface area contributed by atoms with Crippen molar-refractivity contribution in [3.8, 4) is 5.75 Å². The number of anilines is 1. The molecule has 144 valence electrons. The minimum absolute atomic E-state index is 0.657. The van der Waals surface area contributed by atoms with E-state index in [0.29, 0.717) is 12.1 Å². The largest absolute Gasteiger partial charge is 0.497 e. The minimum Gasteiger partial charge on any atom is -0.497 e. The molecule has 0 aliphatic rings. The zero-order valence-corrected chi connectivity index (χ0v) is 17.0. The maximum Gasteiger partial charge on any atom is 0.206 e.